The van der Waals surface area contributed by atoms with Gasteiger partial charge in [0.1, 0.15) is 5.60 Å². The summed E-state index contributed by atoms with van der Waals surface area (Å²) >= 11 is 0. The minimum Gasteiger partial charge on any atom is -0.444 e. The third-order valence-electron chi connectivity index (χ3n) is 4.87. The second kappa shape index (κ2) is 8.17. The Bertz CT molecular complexity index is 556. The van der Waals surface area contributed by atoms with Gasteiger partial charge in [0.2, 0.25) is 0 Å². The second-order valence-corrected chi connectivity index (χ2v) is 8.17. The standard InChI is InChI=1S/C18H33N5O2/c1-6-7-18(14-19-12-15-13-20-21-22(15)5)8-10-23(11-9-18)16(24)25-17(2,3)4/h13,19H,6-12,14H2,1-5H3. The van der Waals surface area contributed by atoms with Crippen molar-refractivity contribution < 1.29 is 9.53 Å². The number of rotatable bonds is 6. The molecule has 0 saturated carbocycles. The average Bonchev–Trinajstić information content (AvgIpc) is 2.92. The van der Waals surface area contributed by atoms with E-state index in [1.54, 1.807) is 10.9 Å². The third-order valence-corrected chi connectivity index (χ3v) is 4.87. The van der Waals surface area contributed by atoms with Crippen LogP contribution in [0.15, 0.2) is 6.20 Å². The summed E-state index contributed by atoms with van der Waals surface area (Å²) in [6.07, 6.45) is 5.96. The number of piperidine rings is 1. The number of ether oxygens (including phenoxy) is 1. The van der Waals surface area contributed by atoms with Crippen LogP contribution in [0.1, 0.15) is 59.1 Å². The van der Waals surface area contributed by atoms with Crippen molar-refractivity contribution in [2.75, 3.05) is 19.6 Å². The lowest BCUT2D eigenvalue weighted by atomic mass is 9.75. The first-order valence-electron chi connectivity index (χ1n) is 9.27. The van der Waals surface area contributed by atoms with Crippen LogP contribution in [0.2, 0.25) is 0 Å². The van der Waals surface area contributed by atoms with Crippen molar-refractivity contribution in [3.05, 3.63) is 11.9 Å². The van der Waals surface area contributed by atoms with Gasteiger partial charge >= 0.3 is 6.09 Å². The van der Waals surface area contributed by atoms with Gasteiger partial charge in [0.25, 0.3) is 0 Å². The van der Waals surface area contributed by atoms with Crippen LogP contribution >= 0.6 is 0 Å². The van der Waals surface area contributed by atoms with E-state index in [0.717, 1.165) is 51.1 Å². The smallest absolute Gasteiger partial charge is 0.410 e. The lowest BCUT2D eigenvalue weighted by molar-refractivity contribution is 0.00875. The van der Waals surface area contributed by atoms with Gasteiger partial charge in [-0.05, 0) is 45.4 Å². The van der Waals surface area contributed by atoms with E-state index in [9.17, 15) is 4.79 Å². The van der Waals surface area contributed by atoms with E-state index < -0.39 is 5.60 Å². The topological polar surface area (TPSA) is 72.3 Å². The summed E-state index contributed by atoms with van der Waals surface area (Å²) in [6.45, 7) is 11.2. The predicted molar refractivity (Wildman–Crippen MR) is 97.1 cm³/mol. The van der Waals surface area contributed by atoms with Gasteiger partial charge < -0.3 is 15.0 Å². The van der Waals surface area contributed by atoms with Crippen molar-refractivity contribution >= 4 is 6.09 Å². The molecular weight excluding hydrogens is 318 g/mol. The molecule has 1 aliphatic rings. The quantitative estimate of drug-likeness (QED) is 0.853. The van der Waals surface area contributed by atoms with Gasteiger partial charge in [-0.1, -0.05) is 18.6 Å². The van der Waals surface area contributed by atoms with Crippen LogP contribution in [0.3, 0.4) is 0 Å². The van der Waals surface area contributed by atoms with E-state index in [4.69, 9.17) is 4.74 Å². The van der Waals surface area contributed by atoms with E-state index in [0.29, 0.717) is 0 Å². The highest BCUT2D eigenvalue weighted by molar-refractivity contribution is 5.68. The fourth-order valence-corrected chi connectivity index (χ4v) is 3.46. The summed E-state index contributed by atoms with van der Waals surface area (Å²) in [4.78, 5) is 14.1. The Morgan fingerprint density at radius 2 is 2.04 bits per heavy atom. The SMILES string of the molecule is CCCC1(CNCc2cnnn2C)CCN(C(=O)OC(C)(C)C)CC1. The molecule has 0 bridgehead atoms. The highest BCUT2D eigenvalue weighted by Gasteiger charge is 2.36. The van der Waals surface area contributed by atoms with Gasteiger partial charge in [0, 0.05) is 33.2 Å². The molecule has 1 N–H and O–H groups in total. The summed E-state index contributed by atoms with van der Waals surface area (Å²) in [5, 5.41) is 11.4. The number of hydrogen-bond donors (Lipinski definition) is 1. The van der Waals surface area contributed by atoms with Gasteiger partial charge in [0.05, 0.1) is 11.9 Å². The van der Waals surface area contributed by atoms with Crippen LogP contribution in [0.25, 0.3) is 0 Å². The molecule has 1 amide bonds. The molecular formula is C18H33N5O2. The summed E-state index contributed by atoms with van der Waals surface area (Å²) in [6, 6.07) is 0. The van der Waals surface area contributed by atoms with Crippen molar-refractivity contribution in [2.45, 2.75) is 65.5 Å². The van der Waals surface area contributed by atoms with Crippen LogP contribution in [-0.2, 0) is 18.3 Å². The van der Waals surface area contributed by atoms with Crippen LogP contribution in [0.4, 0.5) is 4.79 Å². The first-order chi connectivity index (χ1) is 11.7. The third kappa shape index (κ3) is 5.70. The van der Waals surface area contributed by atoms with Gasteiger partial charge in [-0.25, -0.2) is 4.79 Å². The maximum atomic E-state index is 12.3. The number of nitrogens with one attached hydrogen (secondary N) is 1. The van der Waals surface area contributed by atoms with Gasteiger partial charge in [-0.2, -0.15) is 0 Å². The monoisotopic (exact) mass is 351 g/mol. The molecule has 1 aromatic rings. The first kappa shape index (κ1) is 19.7. The van der Waals surface area contributed by atoms with Crippen LogP contribution in [0.5, 0.6) is 0 Å². The Morgan fingerprint density at radius 3 is 2.56 bits per heavy atom. The van der Waals surface area contributed by atoms with E-state index in [2.05, 4.69) is 22.6 Å². The Labute approximate surface area is 151 Å². The number of likely N-dealkylation sites (tertiary alicyclic amines) is 1. The number of amides is 1. The largest absolute Gasteiger partial charge is 0.444 e. The van der Waals surface area contributed by atoms with E-state index >= 15 is 0 Å². The molecule has 0 aromatic carbocycles. The number of carbonyl (C=O) groups is 1. The zero-order chi connectivity index (χ0) is 18.5. The van der Waals surface area contributed by atoms with Gasteiger partial charge in [-0.3, -0.25) is 4.68 Å². The molecule has 2 heterocycles. The first-order valence-corrected chi connectivity index (χ1v) is 9.27. The van der Waals surface area contributed by atoms with Crippen molar-refractivity contribution in [3.63, 3.8) is 0 Å². The average molecular weight is 351 g/mol. The van der Waals surface area contributed by atoms with E-state index in [-0.39, 0.29) is 11.5 Å². The second-order valence-electron chi connectivity index (χ2n) is 8.17. The molecule has 1 saturated heterocycles. The summed E-state index contributed by atoms with van der Waals surface area (Å²) in [5.41, 5.74) is 0.894. The molecule has 1 fully saturated rings. The molecule has 0 spiro atoms. The van der Waals surface area contributed by atoms with Crippen LogP contribution in [-0.4, -0.2) is 51.2 Å². The van der Waals surface area contributed by atoms with Crippen molar-refractivity contribution in [1.29, 1.82) is 0 Å². The van der Waals surface area contributed by atoms with E-state index in [1.807, 2.05) is 32.7 Å². The minimum absolute atomic E-state index is 0.188. The maximum absolute atomic E-state index is 12.3. The normalized spacial score (nSPS) is 17.6. The van der Waals surface area contributed by atoms with E-state index in [1.165, 1.54) is 6.42 Å². The zero-order valence-electron chi connectivity index (χ0n) is 16.3. The highest BCUT2D eigenvalue weighted by atomic mass is 16.6. The number of aromatic nitrogens is 3. The Morgan fingerprint density at radius 1 is 1.36 bits per heavy atom. The molecule has 25 heavy (non-hydrogen) atoms. The number of carbonyl (C=O) groups excluding carboxylic acids is 1. The lowest BCUT2D eigenvalue weighted by Crippen LogP contribution is -2.48. The maximum Gasteiger partial charge on any atom is 0.410 e. The zero-order valence-corrected chi connectivity index (χ0v) is 16.3. The van der Waals surface area contributed by atoms with Crippen LogP contribution in [0, 0.1) is 5.41 Å². The molecule has 7 nitrogen and oxygen atoms in total. The Hall–Kier alpha value is -1.63. The van der Waals surface area contributed by atoms with Gasteiger partial charge in [-0.15, -0.1) is 5.10 Å². The molecule has 7 heteroatoms. The molecule has 2 rings (SSSR count). The summed E-state index contributed by atoms with van der Waals surface area (Å²) in [5.74, 6) is 0. The molecule has 142 valence electrons. The predicted octanol–water partition coefficient (Wildman–Crippen LogP) is 2.72. The number of nitrogens with zero attached hydrogens (tertiary/aromatic N) is 4. The number of aryl methyl sites for hydroxylation is 1. The summed E-state index contributed by atoms with van der Waals surface area (Å²) in [7, 11) is 1.91. The van der Waals surface area contributed by atoms with Crippen LogP contribution < -0.4 is 5.32 Å². The molecule has 0 radical (unpaired) electrons. The lowest BCUT2D eigenvalue weighted by Gasteiger charge is -2.42. The van der Waals surface area contributed by atoms with Crippen molar-refractivity contribution in [2.24, 2.45) is 12.5 Å². The minimum atomic E-state index is -0.437. The molecule has 1 aromatic heterocycles. The highest BCUT2D eigenvalue weighted by Crippen LogP contribution is 2.36. The molecule has 0 aliphatic carbocycles. The molecule has 0 unspecified atom stereocenters. The fraction of sp³-hybridized carbons (Fsp3) is 0.833. The molecule has 1 aliphatic heterocycles. The summed E-state index contributed by atoms with van der Waals surface area (Å²) < 4.78 is 7.30. The molecule has 0 atom stereocenters. The van der Waals surface area contributed by atoms with Gasteiger partial charge in [0.15, 0.2) is 0 Å². The van der Waals surface area contributed by atoms with Crippen molar-refractivity contribution in [3.8, 4) is 0 Å². The number of hydrogen-bond acceptors (Lipinski definition) is 5. The Kier molecular flexibility index (Phi) is 6.43. The fourth-order valence-electron chi connectivity index (χ4n) is 3.46. The Balaban J connectivity index is 1.87. The van der Waals surface area contributed by atoms with Crippen molar-refractivity contribution in [1.82, 2.24) is 25.2 Å².